The normalized spacial score (nSPS) is 10.7. The SMILES string of the molecule is CCCOc1ccc(C(=O)/C=C/c2ccc([O-])c([N+](=O)[O-])c2)cc1. The van der Waals surface area contributed by atoms with Gasteiger partial charge in [0, 0.05) is 11.6 Å². The quantitative estimate of drug-likeness (QED) is 0.337. The summed E-state index contributed by atoms with van der Waals surface area (Å²) in [5, 5.41) is 22.1. The number of benzene rings is 2. The molecule has 0 aliphatic rings. The van der Waals surface area contributed by atoms with Gasteiger partial charge < -0.3 is 9.84 Å². The molecule has 2 aromatic rings. The Bertz CT molecular complexity index is 765. The zero-order valence-corrected chi connectivity index (χ0v) is 13.1. The van der Waals surface area contributed by atoms with Gasteiger partial charge in [-0.15, -0.1) is 0 Å². The molecule has 0 aromatic heterocycles. The van der Waals surface area contributed by atoms with Crippen LogP contribution in [0, 0.1) is 10.1 Å². The highest BCUT2D eigenvalue weighted by atomic mass is 16.6. The molecule has 0 aliphatic heterocycles. The Hall–Kier alpha value is -3.15. The van der Waals surface area contributed by atoms with Gasteiger partial charge in [-0.3, -0.25) is 14.9 Å². The topological polar surface area (TPSA) is 92.5 Å². The maximum atomic E-state index is 12.1. The number of ether oxygens (including phenoxy) is 1. The zero-order chi connectivity index (χ0) is 17.5. The minimum absolute atomic E-state index is 0.245. The first-order valence-electron chi connectivity index (χ1n) is 7.42. The Kier molecular flexibility index (Phi) is 5.68. The predicted octanol–water partition coefficient (Wildman–Crippen LogP) is 3.35. The molecule has 0 N–H and O–H groups in total. The lowest BCUT2D eigenvalue weighted by molar-refractivity contribution is -0.398. The van der Waals surface area contributed by atoms with E-state index in [0.29, 0.717) is 23.5 Å². The van der Waals surface area contributed by atoms with E-state index in [1.165, 1.54) is 18.2 Å². The van der Waals surface area contributed by atoms with Crippen molar-refractivity contribution < 1.29 is 19.6 Å². The first kappa shape index (κ1) is 17.2. The summed E-state index contributed by atoms with van der Waals surface area (Å²) in [5.74, 6) is -0.212. The highest BCUT2D eigenvalue weighted by Gasteiger charge is 2.07. The van der Waals surface area contributed by atoms with Crippen molar-refractivity contribution >= 4 is 17.5 Å². The van der Waals surface area contributed by atoms with E-state index in [1.54, 1.807) is 24.3 Å². The largest absolute Gasteiger partial charge is 0.868 e. The van der Waals surface area contributed by atoms with Gasteiger partial charge in [0.2, 0.25) is 0 Å². The van der Waals surface area contributed by atoms with Gasteiger partial charge in [-0.05, 0) is 48.1 Å². The maximum absolute atomic E-state index is 12.1. The van der Waals surface area contributed by atoms with Crippen LogP contribution < -0.4 is 9.84 Å². The molecule has 0 atom stereocenters. The summed E-state index contributed by atoms with van der Waals surface area (Å²) in [6.45, 7) is 2.62. The average Bonchev–Trinajstić information content (AvgIpc) is 2.59. The molecule has 124 valence electrons. The second-order valence-electron chi connectivity index (χ2n) is 5.05. The van der Waals surface area contributed by atoms with E-state index in [1.807, 2.05) is 6.92 Å². The van der Waals surface area contributed by atoms with Crippen LogP contribution in [0.5, 0.6) is 11.5 Å². The standard InChI is InChI=1S/C18H17NO5/c1-2-11-24-15-7-5-14(6-8-15)17(20)9-3-13-4-10-18(21)16(12-13)19(22)23/h3-10,12,21H,2,11H2,1H3/p-1/b9-3+. The van der Waals surface area contributed by atoms with E-state index in [2.05, 4.69) is 0 Å². The van der Waals surface area contributed by atoms with E-state index in [0.717, 1.165) is 18.6 Å². The van der Waals surface area contributed by atoms with Crippen LogP contribution >= 0.6 is 0 Å². The van der Waals surface area contributed by atoms with Crippen LogP contribution in [0.1, 0.15) is 29.3 Å². The molecule has 0 saturated carbocycles. The fourth-order valence-electron chi connectivity index (χ4n) is 1.98. The van der Waals surface area contributed by atoms with Crippen molar-refractivity contribution in [3.8, 4) is 11.5 Å². The highest BCUT2D eigenvalue weighted by molar-refractivity contribution is 6.06. The van der Waals surface area contributed by atoms with Gasteiger partial charge >= 0.3 is 0 Å². The zero-order valence-electron chi connectivity index (χ0n) is 13.1. The lowest BCUT2D eigenvalue weighted by atomic mass is 10.1. The van der Waals surface area contributed by atoms with Crippen molar-refractivity contribution in [2.45, 2.75) is 13.3 Å². The van der Waals surface area contributed by atoms with Gasteiger partial charge in [0.05, 0.1) is 11.5 Å². The molecule has 0 heterocycles. The van der Waals surface area contributed by atoms with Crippen LogP contribution in [0.4, 0.5) is 5.69 Å². The number of nitro groups is 1. The van der Waals surface area contributed by atoms with Crippen molar-refractivity contribution in [3.63, 3.8) is 0 Å². The Balaban J connectivity index is 2.10. The first-order chi connectivity index (χ1) is 11.5. The lowest BCUT2D eigenvalue weighted by Crippen LogP contribution is -1.98. The third kappa shape index (κ3) is 4.42. The molecule has 0 radical (unpaired) electrons. The third-order valence-corrected chi connectivity index (χ3v) is 3.22. The van der Waals surface area contributed by atoms with Crippen molar-refractivity contribution in [1.29, 1.82) is 0 Å². The number of carbonyl (C=O) groups excluding carboxylic acids is 1. The van der Waals surface area contributed by atoms with Crippen molar-refractivity contribution in [2.24, 2.45) is 0 Å². The highest BCUT2D eigenvalue weighted by Crippen LogP contribution is 2.24. The smallest absolute Gasteiger partial charge is 0.262 e. The van der Waals surface area contributed by atoms with Gasteiger partial charge in [-0.2, -0.15) is 0 Å². The minimum atomic E-state index is -0.740. The van der Waals surface area contributed by atoms with Gasteiger partial charge in [-0.25, -0.2) is 0 Å². The van der Waals surface area contributed by atoms with Crippen LogP contribution in [-0.2, 0) is 0 Å². The molecule has 0 bridgehead atoms. The number of nitro benzene ring substituents is 1. The molecular weight excluding hydrogens is 310 g/mol. The van der Waals surface area contributed by atoms with Crippen LogP contribution in [0.3, 0.4) is 0 Å². The molecular formula is C18H16NO5-. The predicted molar refractivity (Wildman–Crippen MR) is 88.1 cm³/mol. The second-order valence-corrected chi connectivity index (χ2v) is 5.05. The molecule has 0 fully saturated rings. The van der Waals surface area contributed by atoms with Crippen LogP contribution in [-0.4, -0.2) is 17.3 Å². The molecule has 6 heteroatoms. The number of allylic oxidation sites excluding steroid dienone is 1. The molecule has 0 saturated heterocycles. The summed E-state index contributed by atoms with van der Waals surface area (Å²) >= 11 is 0. The van der Waals surface area contributed by atoms with E-state index < -0.39 is 16.4 Å². The van der Waals surface area contributed by atoms with Crippen molar-refractivity contribution in [1.82, 2.24) is 0 Å². The molecule has 24 heavy (non-hydrogen) atoms. The number of hydrogen-bond acceptors (Lipinski definition) is 5. The summed E-state index contributed by atoms with van der Waals surface area (Å²) in [6.07, 6.45) is 3.65. The second kappa shape index (κ2) is 7.92. The van der Waals surface area contributed by atoms with Crippen molar-refractivity contribution in [2.75, 3.05) is 6.61 Å². The molecule has 6 nitrogen and oxygen atoms in total. The van der Waals surface area contributed by atoms with Crippen LogP contribution in [0.2, 0.25) is 0 Å². The minimum Gasteiger partial charge on any atom is -0.868 e. The van der Waals surface area contributed by atoms with Crippen LogP contribution in [0.25, 0.3) is 6.08 Å². The van der Waals surface area contributed by atoms with E-state index >= 15 is 0 Å². The molecule has 0 aliphatic carbocycles. The fourth-order valence-corrected chi connectivity index (χ4v) is 1.98. The Labute approximate surface area is 139 Å². The number of rotatable bonds is 7. The summed E-state index contributed by atoms with van der Waals surface area (Å²) in [4.78, 5) is 22.1. The molecule has 0 spiro atoms. The molecule has 0 unspecified atom stereocenters. The van der Waals surface area contributed by atoms with Crippen molar-refractivity contribution in [3.05, 3.63) is 69.8 Å². The number of nitrogens with zero attached hydrogens (tertiary/aromatic N) is 1. The number of ketones is 1. The summed E-state index contributed by atoms with van der Waals surface area (Å²) in [5.41, 5.74) is 0.379. The monoisotopic (exact) mass is 326 g/mol. The van der Waals surface area contributed by atoms with Gasteiger partial charge in [0.25, 0.3) is 5.69 Å². The summed E-state index contributed by atoms with van der Waals surface area (Å²) in [7, 11) is 0. The molecule has 2 aromatic carbocycles. The lowest BCUT2D eigenvalue weighted by Gasteiger charge is -2.06. The van der Waals surface area contributed by atoms with E-state index in [-0.39, 0.29) is 5.78 Å². The Morgan fingerprint density at radius 3 is 2.54 bits per heavy atom. The molecule has 0 amide bonds. The number of hydrogen-bond donors (Lipinski definition) is 0. The fraction of sp³-hybridized carbons (Fsp3) is 0.167. The summed E-state index contributed by atoms with van der Waals surface area (Å²) < 4.78 is 5.44. The maximum Gasteiger partial charge on any atom is 0.262 e. The summed E-state index contributed by atoms with van der Waals surface area (Å²) in [6, 6.07) is 10.4. The first-order valence-corrected chi connectivity index (χ1v) is 7.42. The molecule has 2 rings (SSSR count). The third-order valence-electron chi connectivity index (χ3n) is 3.22. The Morgan fingerprint density at radius 1 is 1.21 bits per heavy atom. The van der Waals surface area contributed by atoms with Gasteiger partial charge in [0.1, 0.15) is 5.75 Å². The van der Waals surface area contributed by atoms with E-state index in [9.17, 15) is 20.0 Å². The average molecular weight is 326 g/mol. The van der Waals surface area contributed by atoms with Gasteiger partial charge in [-0.1, -0.05) is 25.1 Å². The Morgan fingerprint density at radius 2 is 1.92 bits per heavy atom. The number of carbonyl (C=O) groups is 1. The van der Waals surface area contributed by atoms with E-state index in [4.69, 9.17) is 4.74 Å². The van der Waals surface area contributed by atoms with Crippen LogP contribution in [0.15, 0.2) is 48.5 Å². The van der Waals surface area contributed by atoms with Gasteiger partial charge in [0.15, 0.2) is 5.78 Å².